The summed E-state index contributed by atoms with van der Waals surface area (Å²) in [4.78, 5) is 28.8. The van der Waals surface area contributed by atoms with Gasteiger partial charge in [-0.1, -0.05) is 24.3 Å². The Morgan fingerprint density at radius 1 is 0.824 bits per heavy atom. The first kappa shape index (κ1) is 21.6. The number of rotatable bonds is 3. The molecule has 1 saturated heterocycles. The summed E-state index contributed by atoms with van der Waals surface area (Å²) in [6.45, 7) is 1.31. The highest BCUT2D eigenvalue weighted by Gasteiger charge is 2.26. The number of anilines is 1. The van der Waals surface area contributed by atoms with Gasteiger partial charge in [-0.05, 0) is 47.5 Å². The molecular weight excluding hydrogens is 440 g/mol. The number of benzene rings is 3. The largest absolute Gasteiger partial charge is 0.382 e. The zero-order chi connectivity index (χ0) is 23.8. The lowest BCUT2D eigenvalue weighted by Gasteiger charge is -2.35. The first-order valence-electron chi connectivity index (χ1n) is 10.8. The van der Waals surface area contributed by atoms with Crippen LogP contribution < -0.4 is 5.73 Å². The number of hydrogen-bond donors (Lipinski definition) is 2. The lowest BCUT2D eigenvalue weighted by atomic mass is 10.00. The molecule has 0 atom stereocenters. The Balaban J connectivity index is 1.26. The Kier molecular flexibility index (Phi) is 5.45. The number of fused-ring (bicyclic) bond motifs is 1. The van der Waals surface area contributed by atoms with E-state index < -0.39 is 11.6 Å². The quantitative estimate of drug-likeness (QED) is 0.487. The number of nitrogen functional groups attached to an aromatic ring is 1. The third kappa shape index (κ3) is 3.85. The van der Waals surface area contributed by atoms with Crippen LogP contribution in [0.2, 0.25) is 0 Å². The van der Waals surface area contributed by atoms with Gasteiger partial charge in [0, 0.05) is 37.3 Å². The van der Waals surface area contributed by atoms with E-state index in [2.05, 4.69) is 10.2 Å². The van der Waals surface area contributed by atoms with Crippen LogP contribution in [0, 0.1) is 11.6 Å². The van der Waals surface area contributed by atoms with Crippen molar-refractivity contribution in [2.24, 2.45) is 0 Å². The number of aromatic nitrogens is 2. The van der Waals surface area contributed by atoms with Gasteiger partial charge in [-0.2, -0.15) is 5.10 Å². The molecule has 3 aromatic carbocycles. The van der Waals surface area contributed by atoms with Gasteiger partial charge in [0.05, 0.1) is 10.9 Å². The predicted molar refractivity (Wildman–Crippen MR) is 124 cm³/mol. The Morgan fingerprint density at radius 3 is 2.09 bits per heavy atom. The van der Waals surface area contributed by atoms with E-state index in [1.807, 2.05) is 30.3 Å². The fourth-order valence-corrected chi connectivity index (χ4v) is 4.24. The van der Waals surface area contributed by atoms with Crippen LogP contribution in [-0.2, 0) is 0 Å². The van der Waals surface area contributed by atoms with Crippen LogP contribution in [0.15, 0.2) is 60.7 Å². The Labute approximate surface area is 193 Å². The first-order chi connectivity index (χ1) is 16.4. The number of hydrogen-bond acceptors (Lipinski definition) is 4. The number of carbonyl (C=O) groups excluding carboxylic acids is 2. The minimum atomic E-state index is -1.06. The van der Waals surface area contributed by atoms with Crippen LogP contribution in [0.3, 0.4) is 0 Å². The second kappa shape index (κ2) is 8.58. The van der Waals surface area contributed by atoms with E-state index in [1.54, 1.807) is 17.0 Å². The van der Waals surface area contributed by atoms with Crippen molar-refractivity contribution in [1.29, 1.82) is 0 Å². The standard InChI is InChI=1S/C25H21F2N5O2/c26-19-9-8-17(14-20(19)27)25(34)32-12-10-31(11-13-32)24(33)16-6-4-15(5-7-16)18-2-1-3-21-22(18)23(28)30-29-21/h1-9,14H,10-13H2,(H3,28,29,30). The second-order valence-electron chi connectivity index (χ2n) is 8.13. The monoisotopic (exact) mass is 461 g/mol. The van der Waals surface area contributed by atoms with E-state index in [4.69, 9.17) is 5.73 Å². The molecular formula is C25H21F2N5O2. The Bertz CT molecular complexity index is 1390. The summed E-state index contributed by atoms with van der Waals surface area (Å²) < 4.78 is 26.6. The van der Waals surface area contributed by atoms with Crippen LogP contribution in [0.25, 0.3) is 22.0 Å². The SMILES string of the molecule is Nc1n[nH]c2cccc(-c3ccc(C(=O)N4CCN(C(=O)c5ccc(F)c(F)c5)CC4)cc3)c12. The van der Waals surface area contributed by atoms with Crippen LogP contribution >= 0.6 is 0 Å². The van der Waals surface area contributed by atoms with Crippen molar-refractivity contribution >= 4 is 28.5 Å². The maximum atomic E-state index is 13.5. The fraction of sp³-hybridized carbons (Fsp3) is 0.160. The number of nitrogens with zero attached hydrogens (tertiary/aromatic N) is 3. The van der Waals surface area contributed by atoms with E-state index >= 15 is 0 Å². The number of piperazine rings is 1. The van der Waals surface area contributed by atoms with Crippen molar-refractivity contribution in [2.75, 3.05) is 31.9 Å². The van der Waals surface area contributed by atoms with E-state index in [-0.39, 0.29) is 17.4 Å². The molecule has 0 spiro atoms. The normalized spacial score (nSPS) is 13.9. The molecule has 5 rings (SSSR count). The predicted octanol–water partition coefficient (Wildman–Crippen LogP) is 3.69. The fourth-order valence-electron chi connectivity index (χ4n) is 4.24. The molecule has 34 heavy (non-hydrogen) atoms. The van der Waals surface area contributed by atoms with Gasteiger partial charge in [0.2, 0.25) is 0 Å². The highest BCUT2D eigenvalue weighted by molar-refractivity contribution is 6.02. The van der Waals surface area contributed by atoms with Crippen LogP contribution in [-0.4, -0.2) is 58.0 Å². The van der Waals surface area contributed by atoms with Crippen molar-refractivity contribution < 1.29 is 18.4 Å². The molecule has 2 amide bonds. The number of amides is 2. The summed E-state index contributed by atoms with van der Waals surface area (Å²) in [7, 11) is 0. The van der Waals surface area contributed by atoms with Crippen molar-refractivity contribution in [2.45, 2.75) is 0 Å². The maximum absolute atomic E-state index is 13.5. The van der Waals surface area contributed by atoms with E-state index in [1.165, 1.54) is 11.0 Å². The number of halogens is 2. The van der Waals surface area contributed by atoms with E-state index in [0.29, 0.717) is 37.6 Å². The third-order valence-electron chi connectivity index (χ3n) is 6.08. The second-order valence-corrected chi connectivity index (χ2v) is 8.13. The molecule has 1 aromatic heterocycles. The van der Waals surface area contributed by atoms with Crippen LogP contribution in [0.4, 0.5) is 14.6 Å². The molecule has 172 valence electrons. The molecule has 0 saturated carbocycles. The van der Waals surface area contributed by atoms with Gasteiger partial charge in [-0.3, -0.25) is 14.7 Å². The molecule has 3 N–H and O–H groups in total. The summed E-state index contributed by atoms with van der Waals surface area (Å²) >= 11 is 0. The van der Waals surface area contributed by atoms with Gasteiger partial charge in [0.1, 0.15) is 0 Å². The molecule has 0 bridgehead atoms. The average molecular weight is 461 g/mol. The number of carbonyl (C=O) groups is 2. The third-order valence-corrected chi connectivity index (χ3v) is 6.08. The summed E-state index contributed by atoms with van der Waals surface area (Å²) in [6, 6.07) is 16.1. The zero-order valence-corrected chi connectivity index (χ0v) is 18.1. The zero-order valence-electron chi connectivity index (χ0n) is 18.1. The molecule has 9 heteroatoms. The lowest BCUT2D eigenvalue weighted by molar-refractivity contribution is 0.0535. The first-order valence-corrected chi connectivity index (χ1v) is 10.8. The topological polar surface area (TPSA) is 95.3 Å². The average Bonchev–Trinajstić information content (AvgIpc) is 3.26. The molecule has 1 fully saturated rings. The molecule has 4 aromatic rings. The van der Waals surface area contributed by atoms with Gasteiger partial charge >= 0.3 is 0 Å². The molecule has 0 radical (unpaired) electrons. The summed E-state index contributed by atoms with van der Waals surface area (Å²) in [5.41, 5.74) is 9.31. The smallest absolute Gasteiger partial charge is 0.254 e. The highest BCUT2D eigenvalue weighted by Crippen LogP contribution is 2.31. The van der Waals surface area contributed by atoms with Crippen molar-refractivity contribution in [3.05, 3.63) is 83.4 Å². The summed E-state index contributed by atoms with van der Waals surface area (Å²) in [5, 5.41) is 7.80. The number of nitrogens with one attached hydrogen (secondary N) is 1. The molecule has 2 heterocycles. The Hall–Kier alpha value is -4.27. The van der Waals surface area contributed by atoms with Crippen molar-refractivity contribution in [3.8, 4) is 11.1 Å². The minimum Gasteiger partial charge on any atom is -0.382 e. The maximum Gasteiger partial charge on any atom is 0.254 e. The van der Waals surface area contributed by atoms with E-state index in [0.717, 1.165) is 34.2 Å². The molecule has 0 unspecified atom stereocenters. The summed E-state index contributed by atoms with van der Waals surface area (Å²) in [5.74, 6) is -2.16. The van der Waals surface area contributed by atoms with E-state index in [9.17, 15) is 18.4 Å². The van der Waals surface area contributed by atoms with Gasteiger partial charge in [0.15, 0.2) is 17.5 Å². The van der Waals surface area contributed by atoms with Crippen LogP contribution in [0.5, 0.6) is 0 Å². The Morgan fingerprint density at radius 2 is 1.44 bits per heavy atom. The van der Waals surface area contributed by atoms with Crippen molar-refractivity contribution in [1.82, 2.24) is 20.0 Å². The van der Waals surface area contributed by atoms with Gasteiger partial charge in [0.25, 0.3) is 11.8 Å². The van der Waals surface area contributed by atoms with Crippen molar-refractivity contribution in [3.63, 3.8) is 0 Å². The number of aromatic amines is 1. The minimum absolute atomic E-state index is 0.0857. The highest BCUT2D eigenvalue weighted by atomic mass is 19.2. The summed E-state index contributed by atoms with van der Waals surface area (Å²) in [6.07, 6.45) is 0. The van der Waals surface area contributed by atoms with Gasteiger partial charge < -0.3 is 15.5 Å². The molecule has 0 aliphatic carbocycles. The number of H-pyrrole nitrogens is 1. The molecule has 7 nitrogen and oxygen atoms in total. The van der Waals surface area contributed by atoms with Crippen LogP contribution in [0.1, 0.15) is 20.7 Å². The van der Waals surface area contributed by atoms with Gasteiger partial charge in [-0.25, -0.2) is 8.78 Å². The number of nitrogens with two attached hydrogens (primary N) is 1. The van der Waals surface area contributed by atoms with Gasteiger partial charge in [-0.15, -0.1) is 0 Å². The molecule has 1 aliphatic heterocycles. The molecule has 1 aliphatic rings. The lowest BCUT2D eigenvalue weighted by Crippen LogP contribution is -2.50.